The van der Waals surface area contributed by atoms with Gasteiger partial charge in [0.15, 0.2) is 11.5 Å². The number of halogens is 1. The van der Waals surface area contributed by atoms with Crippen molar-refractivity contribution in [3.8, 4) is 11.5 Å². The number of nitrogens with zero attached hydrogens (tertiary/aromatic N) is 2. The monoisotopic (exact) mass is 457 g/mol. The van der Waals surface area contributed by atoms with E-state index in [2.05, 4.69) is 5.32 Å². The average Bonchev–Trinajstić information content (AvgIpc) is 3.19. The Hall–Kier alpha value is -3.79. The van der Waals surface area contributed by atoms with Gasteiger partial charge in [-0.05, 0) is 42.0 Å². The molecule has 1 atom stereocenters. The molecule has 0 radical (unpaired) electrons. The molecular weight excluding hydrogens is 433 g/mol. The van der Waals surface area contributed by atoms with Gasteiger partial charge in [-0.3, -0.25) is 9.69 Å². The zero-order valence-corrected chi connectivity index (χ0v) is 17.7. The van der Waals surface area contributed by atoms with Crippen LogP contribution in [0, 0.1) is 5.82 Å². The van der Waals surface area contributed by atoms with E-state index in [9.17, 15) is 24.2 Å². The van der Waals surface area contributed by atoms with Crippen LogP contribution in [0.15, 0.2) is 42.5 Å². The Kier molecular flexibility index (Phi) is 6.64. The van der Waals surface area contributed by atoms with E-state index in [1.165, 1.54) is 35.3 Å². The Balaban J connectivity index is 1.31. The Morgan fingerprint density at radius 3 is 2.67 bits per heavy atom. The molecule has 33 heavy (non-hydrogen) atoms. The molecule has 2 saturated heterocycles. The van der Waals surface area contributed by atoms with E-state index < -0.39 is 23.9 Å². The SMILES string of the molecule is O=C(C=Cc1ccc(O)c(O)c1)NCC1CN(c2ccc(N3CCOCC3)c(F)c2)C(=O)O1. The summed E-state index contributed by atoms with van der Waals surface area (Å²) in [6.45, 7) is 2.54. The van der Waals surface area contributed by atoms with Gasteiger partial charge in [0.25, 0.3) is 0 Å². The molecule has 0 spiro atoms. The zero-order chi connectivity index (χ0) is 23.4. The number of ether oxygens (including phenoxy) is 2. The van der Waals surface area contributed by atoms with Crippen molar-refractivity contribution >= 4 is 29.5 Å². The summed E-state index contributed by atoms with van der Waals surface area (Å²) in [5.74, 6) is -1.38. The first-order valence-electron chi connectivity index (χ1n) is 10.5. The molecule has 2 aliphatic heterocycles. The molecule has 0 aliphatic carbocycles. The van der Waals surface area contributed by atoms with Gasteiger partial charge < -0.3 is 29.9 Å². The standard InChI is InChI=1S/C23H24FN3O6/c24-18-12-16(3-4-19(18)26-7-9-32-10-8-26)27-14-17(33-23(27)31)13-25-22(30)6-2-15-1-5-20(28)21(29)11-15/h1-6,11-12,17,28-29H,7-10,13-14H2,(H,25,30). The van der Waals surface area contributed by atoms with Gasteiger partial charge in [-0.15, -0.1) is 0 Å². The number of carbonyl (C=O) groups is 2. The first-order valence-corrected chi connectivity index (χ1v) is 10.5. The van der Waals surface area contributed by atoms with Crippen LogP contribution in [0.5, 0.6) is 11.5 Å². The van der Waals surface area contributed by atoms with Gasteiger partial charge in [0.2, 0.25) is 5.91 Å². The topological polar surface area (TPSA) is 112 Å². The molecule has 2 aromatic carbocycles. The summed E-state index contributed by atoms with van der Waals surface area (Å²) in [5.41, 5.74) is 1.38. The van der Waals surface area contributed by atoms with E-state index in [0.717, 1.165) is 0 Å². The molecule has 2 aromatic rings. The second kappa shape index (κ2) is 9.78. The van der Waals surface area contributed by atoms with Crippen LogP contribution in [0.25, 0.3) is 6.08 Å². The Morgan fingerprint density at radius 1 is 1.15 bits per heavy atom. The number of rotatable bonds is 6. The molecule has 4 rings (SSSR count). The Bertz CT molecular complexity index is 1070. The molecule has 10 heteroatoms. The molecule has 9 nitrogen and oxygen atoms in total. The molecule has 2 aliphatic rings. The fraction of sp³-hybridized carbons (Fsp3) is 0.304. The van der Waals surface area contributed by atoms with Gasteiger partial charge in [-0.1, -0.05) is 6.07 Å². The van der Waals surface area contributed by atoms with Crippen LogP contribution in [0.1, 0.15) is 5.56 Å². The number of cyclic esters (lactones) is 1. The Labute approximate surface area is 189 Å². The van der Waals surface area contributed by atoms with Crippen molar-refractivity contribution in [2.24, 2.45) is 0 Å². The van der Waals surface area contributed by atoms with Gasteiger partial charge in [0.1, 0.15) is 11.9 Å². The van der Waals surface area contributed by atoms with Crippen LogP contribution in [0.4, 0.5) is 20.6 Å². The summed E-state index contributed by atoms with van der Waals surface area (Å²) in [5, 5.41) is 21.4. The van der Waals surface area contributed by atoms with Crippen molar-refractivity contribution in [1.29, 1.82) is 0 Å². The van der Waals surface area contributed by atoms with Crippen molar-refractivity contribution in [3.05, 3.63) is 53.9 Å². The second-order valence-electron chi connectivity index (χ2n) is 7.68. The van der Waals surface area contributed by atoms with Crippen LogP contribution >= 0.6 is 0 Å². The number of phenols is 2. The van der Waals surface area contributed by atoms with E-state index in [4.69, 9.17) is 9.47 Å². The van der Waals surface area contributed by atoms with Gasteiger partial charge in [-0.2, -0.15) is 0 Å². The van der Waals surface area contributed by atoms with E-state index >= 15 is 0 Å². The van der Waals surface area contributed by atoms with Crippen molar-refractivity contribution in [3.63, 3.8) is 0 Å². The molecule has 2 heterocycles. The summed E-state index contributed by atoms with van der Waals surface area (Å²) in [7, 11) is 0. The first kappa shape index (κ1) is 22.4. The summed E-state index contributed by atoms with van der Waals surface area (Å²) in [6, 6.07) is 8.80. The molecule has 1 unspecified atom stereocenters. The number of benzene rings is 2. The van der Waals surface area contributed by atoms with Gasteiger partial charge in [0, 0.05) is 19.2 Å². The van der Waals surface area contributed by atoms with Gasteiger partial charge in [0.05, 0.1) is 37.7 Å². The number of anilines is 2. The number of morpholine rings is 1. The number of carbonyl (C=O) groups excluding carboxylic acids is 2. The third-order valence-electron chi connectivity index (χ3n) is 5.40. The van der Waals surface area contributed by atoms with Crippen LogP contribution in [0.2, 0.25) is 0 Å². The average molecular weight is 457 g/mol. The predicted octanol–water partition coefficient (Wildman–Crippen LogP) is 2.23. The van der Waals surface area contributed by atoms with E-state index in [1.807, 2.05) is 4.90 Å². The molecule has 174 valence electrons. The fourth-order valence-electron chi connectivity index (χ4n) is 3.65. The number of amides is 2. The minimum atomic E-state index is -0.608. The van der Waals surface area contributed by atoms with Crippen LogP contribution in [-0.4, -0.2) is 67.7 Å². The molecule has 2 amide bonds. The lowest BCUT2D eigenvalue weighted by Gasteiger charge is -2.29. The largest absolute Gasteiger partial charge is 0.504 e. The number of nitrogens with one attached hydrogen (secondary N) is 1. The fourth-order valence-corrected chi connectivity index (χ4v) is 3.65. The molecule has 0 saturated carbocycles. The maximum atomic E-state index is 14.7. The van der Waals surface area contributed by atoms with E-state index in [-0.39, 0.29) is 24.6 Å². The molecule has 3 N–H and O–H groups in total. The third kappa shape index (κ3) is 5.35. The lowest BCUT2D eigenvalue weighted by molar-refractivity contribution is -0.116. The highest BCUT2D eigenvalue weighted by atomic mass is 19.1. The molecule has 2 fully saturated rings. The van der Waals surface area contributed by atoms with E-state index in [1.54, 1.807) is 18.2 Å². The maximum Gasteiger partial charge on any atom is 0.414 e. The van der Waals surface area contributed by atoms with Crippen molar-refractivity contribution < 1.29 is 33.7 Å². The highest BCUT2D eigenvalue weighted by Crippen LogP contribution is 2.28. The highest BCUT2D eigenvalue weighted by molar-refractivity contribution is 5.92. The summed E-state index contributed by atoms with van der Waals surface area (Å²) >= 11 is 0. The van der Waals surface area contributed by atoms with Crippen LogP contribution in [0.3, 0.4) is 0 Å². The molecular formula is C23H24FN3O6. The summed E-state index contributed by atoms with van der Waals surface area (Å²) in [4.78, 5) is 27.6. The number of hydrogen-bond acceptors (Lipinski definition) is 7. The lowest BCUT2D eigenvalue weighted by Crippen LogP contribution is -2.36. The van der Waals surface area contributed by atoms with Crippen molar-refractivity contribution in [1.82, 2.24) is 5.32 Å². The molecule has 0 bridgehead atoms. The third-order valence-corrected chi connectivity index (χ3v) is 5.40. The van der Waals surface area contributed by atoms with Crippen LogP contribution in [-0.2, 0) is 14.3 Å². The number of aromatic hydroxyl groups is 2. The quantitative estimate of drug-likeness (QED) is 0.451. The summed E-state index contributed by atoms with van der Waals surface area (Å²) < 4.78 is 25.3. The van der Waals surface area contributed by atoms with Gasteiger partial charge >= 0.3 is 6.09 Å². The second-order valence-corrected chi connectivity index (χ2v) is 7.68. The highest BCUT2D eigenvalue weighted by Gasteiger charge is 2.33. The summed E-state index contributed by atoms with van der Waals surface area (Å²) in [6.07, 6.45) is 1.54. The van der Waals surface area contributed by atoms with E-state index in [0.29, 0.717) is 43.2 Å². The molecule has 0 aromatic heterocycles. The minimum absolute atomic E-state index is 0.0839. The smallest absolute Gasteiger partial charge is 0.414 e. The maximum absolute atomic E-state index is 14.7. The normalized spacial score (nSPS) is 18.6. The minimum Gasteiger partial charge on any atom is -0.504 e. The lowest BCUT2D eigenvalue weighted by atomic mass is 10.2. The number of phenolic OH excluding ortho intramolecular Hbond substituents is 2. The number of hydrogen-bond donors (Lipinski definition) is 3. The van der Waals surface area contributed by atoms with Crippen LogP contribution < -0.4 is 15.1 Å². The predicted molar refractivity (Wildman–Crippen MR) is 119 cm³/mol. The Morgan fingerprint density at radius 2 is 1.94 bits per heavy atom. The first-order chi connectivity index (χ1) is 15.9. The van der Waals surface area contributed by atoms with Crippen molar-refractivity contribution in [2.45, 2.75) is 6.10 Å². The zero-order valence-electron chi connectivity index (χ0n) is 17.7. The van der Waals surface area contributed by atoms with Gasteiger partial charge in [-0.25, -0.2) is 9.18 Å². The van der Waals surface area contributed by atoms with Crippen molar-refractivity contribution in [2.75, 3.05) is 49.2 Å².